The van der Waals surface area contributed by atoms with E-state index in [1.54, 1.807) is 4.90 Å². The van der Waals surface area contributed by atoms with Gasteiger partial charge in [-0.1, -0.05) is 0 Å². The minimum atomic E-state index is -0.519. The van der Waals surface area contributed by atoms with Gasteiger partial charge in [0.05, 0.1) is 20.2 Å². The molecular formula is C9H16N2O4. The molecular weight excluding hydrogens is 200 g/mol. The Hall–Kier alpha value is -1.46. The molecule has 0 aromatic heterocycles. The molecule has 1 aliphatic rings. The molecule has 0 aromatic carbocycles. The van der Waals surface area contributed by atoms with Crippen LogP contribution in [0.2, 0.25) is 0 Å². The van der Waals surface area contributed by atoms with Gasteiger partial charge in [-0.25, -0.2) is 9.59 Å². The Labute approximate surface area is 88.5 Å². The van der Waals surface area contributed by atoms with Crippen LogP contribution >= 0.6 is 0 Å². The van der Waals surface area contributed by atoms with Crippen molar-refractivity contribution < 1.29 is 19.1 Å². The first kappa shape index (κ1) is 11.6. The Balaban J connectivity index is 2.35. The van der Waals surface area contributed by atoms with Crippen LogP contribution in [0, 0.1) is 0 Å². The second kappa shape index (κ2) is 4.86. The number of hydrogen-bond donors (Lipinski definition) is 1. The number of ether oxygens (including phenoxy) is 2. The van der Waals surface area contributed by atoms with Crippen LogP contribution < -0.4 is 5.32 Å². The summed E-state index contributed by atoms with van der Waals surface area (Å²) in [4.78, 5) is 23.7. The molecule has 1 rings (SSSR count). The van der Waals surface area contributed by atoms with Crippen molar-refractivity contribution in [2.45, 2.75) is 26.0 Å². The van der Waals surface area contributed by atoms with Crippen molar-refractivity contribution in [3.63, 3.8) is 0 Å². The van der Waals surface area contributed by atoms with Gasteiger partial charge in [0.1, 0.15) is 6.10 Å². The standard InChI is InChI=1S/C9H16N2O4/c1-6(2)11-5-7(15-9(11)13)4-10-8(12)14-3/h6-7H,4-5H2,1-3H3,(H,10,12). The lowest BCUT2D eigenvalue weighted by Gasteiger charge is -2.16. The summed E-state index contributed by atoms with van der Waals surface area (Å²) in [6, 6.07) is 0.112. The van der Waals surface area contributed by atoms with E-state index in [-0.39, 0.29) is 24.8 Å². The monoisotopic (exact) mass is 216 g/mol. The Morgan fingerprint density at radius 3 is 2.87 bits per heavy atom. The third-order valence-electron chi connectivity index (χ3n) is 2.19. The number of carbonyl (C=O) groups excluding carboxylic acids is 2. The second-order valence-corrected chi connectivity index (χ2v) is 3.62. The highest BCUT2D eigenvalue weighted by molar-refractivity contribution is 5.70. The maximum atomic E-state index is 11.3. The fourth-order valence-electron chi connectivity index (χ4n) is 1.34. The van der Waals surface area contributed by atoms with E-state index in [9.17, 15) is 9.59 Å². The average molecular weight is 216 g/mol. The van der Waals surface area contributed by atoms with Gasteiger partial charge in [-0.05, 0) is 13.8 Å². The number of nitrogens with one attached hydrogen (secondary N) is 1. The number of cyclic esters (lactones) is 1. The van der Waals surface area contributed by atoms with Gasteiger partial charge in [-0.2, -0.15) is 0 Å². The van der Waals surface area contributed by atoms with E-state index < -0.39 is 6.09 Å². The lowest BCUT2D eigenvalue weighted by atomic mass is 10.3. The van der Waals surface area contributed by atoms with Crippen LogP contribution in [0.4, 0.5) is 9.59 Å². The molecule has 1 atom stereocenters. The summed E-state index contributed by atoms with van der Waals surface area (Å²) in [5, 5.41) is 2.49. The molecule has 0 aromatic rings. The lowest BCUT2D eigenvalue weighted by Crippen LogP contribution is -2.36. The zero-order valence-electron chi connectivity index (χ0n) is 9.15. The number of alkyl carbamates (subject to hydrolysis) is 1. The molecule has 1 N–H and O–H groups in total. The number of rotatable bonds is 3. The third-order valence-corrected chi connectivity index (χ3v) is 2.19. The molecule has 15 heavy (non-hydrogen) atoms. The van der Waals surface area contributed by atoms with Gasteiger partial charge in [-0.3, -0.25) is 0 Å². The van der Waals surface area contributed by atoms with E-state index in [4.69, 9.17) is 4.74 Å². The molecule has 0 aliphatic carbocycles. The highest BCUT2D eigenvalue weighted by Gasteiger charge is 2.32. The summed E-state index contributed by atoms with van der Waals surface area (Å²) >= 11 is 0. The fraction of sp³-hybridized carbons (Fsp3) is 0.778. The predicted molar refractivity (Wildman–Crippen MR) is 52.5 cm³/mol. The van der Waals surface area contributed by atoms with Gasteiger partial charge in [0.2, 0.25) is 0 Å². The summed E-state index contributed by atoms with van der Waals surface area (Å²) in [6.45, 7) is 4.61. The van der Waals surface area contributed by atoms with Gasteiger partial charge in [-0.15, -0.1) is 0 Å². The van der Waals surface area contributed by atoms with Gasteiger partial charge in [0.25, 0.3) is 0 Å². The molecule has 1 fully saturated rings. The van der Waals surface area contributed by atoms with Crippen LogP contribution in [0.15, 0.2) is 0 Å². The number of methoxy groups -OCH3 is 1. The highest BCUT2D eigenvalue weighted by atomic mass is 16.6. The van der Waals surface area contributed by atoms with Crippen LogP contribution in [-0.4, -0.2) is 49.4 Å². The van der Waals surface area contributed by atoms with Crippen LogP contribution in [0.3, 0.4) is 0 Å². The second-order valence-electron chi connectivity index (χ2n) is 3.62. The van der Waals surface area contributed by atoms with Crippen molar-refractivity contribution in [1.82, 2.24) is 10.2 Å². The van der Waals surface area contributed by atoms with E-state index >= 15 is 0 Å². The summed E-state index contributed by atoms with van der Waals surface area (Å²) in [7, 11) is 1.29. The third kappa shape index (κ3) is 3.00. The first-order chi connectivity index (χ1) is 7.04. The van der Waals surface area contributed by atoms with E-state index in [2.05, 4.69) is 10.1 Å². The first-order valence-electron chi connectivity index (χ1n) is 4.83. The van der Waals surface area contributed by atoms with Crippen molar-refractivity contribution in [3.05, 3.63) is 0 Å². The normalized spacial score (nSPS) is 20.4. The zero-order valence-corrected chi connectivity index (χ0v) is 9.15. The SMILES string of the molecule is COC(=O)NCC1CN(C(C)C)C(=O)O1. The van der Waals surface area contributed by atoms with Gasteiger partial charge >= 0.3 is 12.2 Å². The largest absolute Gasteiger partial charge is 0.453 e. The minimum Gasteiger partial charge on any atom is -0.453 e. The van der Waals surface area contributed by atoms with Crippen molar-refractivity contribution >= 4 is 12.2 Å². The van der Waals surface area contributed by atoms with E-state index in [1.165, 1.54) is 7.11 Å². The Morgan fingerprint density at radius 1 is 1.73 bits per heavy atom. The quantitative estimate of drug-likeness (QED) is 0.749. The summed E-state index contributed by atoms with van der Waals surface area (Å²) in [5.41, 5.74) is 0. The minimum absolute atomic E-state index is 0.112. The van der Waals surface area contributed by atoms with Gasteiger partial charge in [0, 0.05) is 6.04 Å². The topological polar surface area (TPSA) is 67.9 Å². The van der Waals surface area contributed by atoms with Gasteiger partial charge in [0.15, 0.2) is 0 Å². The molecule has 0 bridgehead atoms. The maximum absolute atomic E-state index is 11.3. The average Bonchev–Trinajstić information content (AvgIpc) is 2.56. The van der Waals surface area contributed by atoms with Crippen LogP contribution in [-0.2, 0) is 9.47 Å². The smallest absolute Gasteiger partial charge is 0.410 e. The van der Waals surface area contributed by atoms with Crippen LogP contribution in [0.5, 0.6) is 0 Å². The first-order valence-corrected chi connectivity index (χ1v) is 4.83. The fourth-order valence-corrected chi connectivity index (χ4v) is 1.34. The maximum Gasteiger partial charge on any atom is 0.410 e. The Morgan fingerprint density at radius 2 is 2.40 bits per heavy atom. The van der Waals surface area contributed by atoms with E-state index in [0.29, 0.717) is 6.54 Å². The predicted octanol–water partition coefficient (Wildman–Crippen LogP) is 0.572. The molecule has 0 radical (unpaired) electrons. The number of carbonyl (C=O) groups is 2. The van der Waals surface area contributed by atoms with Crippen molar-refractivity contribution in [1.29, 1.82) is 0 Å². The number of nitrogens with zero attached hydrogens (tertiary/aromatic N) is 1. The van der Waals surface area contributed by atoms with E-state index in [0.717, 1.165) is 0 Å². The Bertz CT molecular complexity index is 254. The summed E-state index contributed by atoms with van der Waals surface area (Å²) in [5.74, 6) is 0. The summed E-state index contributed by atoms with van der Waals surface area (Å²) < 4.78 is 9.45. The molecule has 1 saturated heterocycles. The summed E-state index contributed by atoms with van der Waals surface area (Å²) in [6.07, 6.45) is -1.14. The van der Waals surface area contributed by atoms with E-state index in [1.807, 2.05) is 13.8 Å². The van der Waals surface area contributed by atoms with Crippen LogP contribution in [0.1, 0.15) is 13.8 Å². The lowest BCUT2D eigenvalue weighted by molar-refractivity contribution is 0.124. The van der Waals surface area contributed by atoms with Gasteiger partial charge < -0.3 is 19.7 Å². The molecule has 0 saturated carbocycles. The molecule has 1 aliphatic heterocycles. The zero-order chi connectivity index (χ0) is 11.4. The van der Waals surface area contributed by atoms with Crippen molar-refractivity contribution in [2.24, 2.45) is 0 Å². The Kier molecular flexibility index (Phi) is 3.76. The molecule has 6 nitrogen and oxygen atoms in total. The molecule has 0 spiro atoms. The van der Waals surface area contributed by atoms with Crippen LogP contribution in [0.25, 0.3) is 0 Å². The molecule has 86 valence electrons. The molecule has 6 heteroatoms. The number of hydrogen-bond acceptors (Lipinski definition) is 4. The molecule has 2 amide bonds. The number of amides is 2. The molecule has 1 heterocycles. The molecule has 1 unspecified atom stereocenters. The van der Waals surface area contributed by atoms with Crippen molar-refractivity contribution in [2.75, 3.05) is 20.2 Å². The van der Waals surface area contributed by atoms with Crippen molar-refractivity contribution in [3.8, 4) is 0 Å². The highest BCUT2D eigenvalue weighted by Crippen LogP contribution is 2.13.